The minimum Gasteiger partial charge on any atom is -0.463 e. The number of hydrogen-bond acceptors (Lipinski definition) is 4. The number of amides is 1. The summed E-state index contributed by atoms with van der Waals surface area (Å²) in [5, 5.41) is 7.09. The lowest BCUT2D eigenvalue weighted by Crippen LogP contribution is -2.32. The summed E-state index contributed by atoms with van der Waals surface area (Å²) in [7, 11) is 0. The minimum atomic E-state index is -0.226. The molecule has 1 amide bonds. The van der Waals surface area contributed by atoms with Gasteiger partial charge in [0.1, 0.15) is 5.69 Å². The van der Waals surface area contributed by atoms with Crippen LogP contribution < -0.4 is 10.9 Å². The molecule has 6 heteroatoms. The highest BCUT2D eigenvalue weighted by atomic mass is 16.3. The number of benzene rings is 1. The molecule has 1 aromatic carbocycles. The number of furan rings is 1. The lowest BCUT2D eigenvalue weighted by atomic mass is 10.1. The standard InChI is InChI=1S/C19H19N3O3/c1-13-10-14(2)12-15(11-13)19(24)20-7-8-22-18(23)6-5-16(21-22)17-4-3-9-25-17/h3-6,9-12H,7-8H2,1-2H3,(H,20,24). The van der Waals surface area contributed by atoms with Crippen LogP contribution in [0.1, 0.15) is 21.5 Å². The first-order chi connectivity index (χ1) is 12.0. The molecule has 6 nitrogen and oxygen atoms in total. The second-order valence-corrected chi connectivity index (χ2v) is 5.89. The van der Waals surface area contributed by atoms with Gasteiger partial charge in [0.15, 0.2) is 5.76 Å². The first-order valence-corrected chi connectivity index (χ1v) is 8.01. The van der Waals surface area contributed by atoms with Gasteiger partial charge in [-0.1, -0.05) is 17.2 Å². The summed E-state index contributed by atoms with van der Waals surface area (Å²) in [4.78, 5) is 24.2. The first kappa shape index (κ1) is 16.7. The van der Waals surface area contributed by atoms with Gasteiger partial charge < -0.3 is 9.73 Å². The predicted molar refractivity (Wildman–Crippen MR) is 94.4 cm³/mol. The molecule has 0 aliphatic rings. The van der Waals surface area contributed by atoms with Crippen molar-refractivity contribution in [1.29, 1.82) is 0 Å². The van der Waals surface area contributed by atoms with Crippen molar-refractivity contribution in [3.05, 3.63) is 75.8 Å². The van der Waals surface area contributed by atoms with Crippen LogP contribution in [0.4, 0.5) is 0 Å². The van der Waals surface area contributed by atoms with E-state index in [1.807, 2.05) is 32.0 Å². The van der Waals surface area contributed by atoms with Gasteiger partial charge in [0.2, 0.25) is 0 Å². The molecule has 0 aliphatic heterocycles. The zero-order valence-corrected chi connectivity index (χ0v) is 14.2. The summed E-state index contributed by atoms with van der Waals surface area (Å²) < 4.78 is 6.61. The van der Waals surface area contributed by atoms with Crippen LogP contribution in [0.15, 0.2) is 57.9 Å². The fourth-order valence-electron chi connectivity index (χ4n) is 2.65. The number of carbonyl (C=O) groups is 1. The lowest BCUT2D eigenvalue weighted by molar-refractivity contribution is 0.0951. The number of aromatic nitrogens is 2. The smallest absolute Gasteiger partial charge is 0.266 e. The van der Waals surface area contributed by atoms with Crippen LogP contribution in [0.25, 0.3) is 11.5 Å². The molecule has 0 radical (unpaired) electrons. The van der Waals surface area contributed by atoms with E-state index in [4.69, 9.17) is 4.42 Å². The number of nitrogens with zero attached hydrogens (tertiary/aromatic N) is 2. The number of aryl methyl sites for hydroxylation is 2. The molecule has 0 saturated heterocycles. The maximum Gasteiger partial charge on any atom is 0.266 e. The highest BCUT2D eigenvalue weighted by Gasteiger charge is 2.08. The summed E-state index contributed by atoms with van der Waals surface area (Å²) in [5.41, 5.74) is 3.03. The zero-order chi connectivity index (χ0) is 17.8. The van der Waals surface area contributed by atoms with Gasteiger partial charge in [0, 0.05) is 18.2 Å². The Morgan fingerprint density at radius 1 is 1.16 bits per heavy atom. The van der Waals surface area contributed by atoms with E-state index in [0.717, 1.165) is 11.1 Å². The molecule has 0 fully saturated rings. The van der Waals surface area contributed by atoms with Crippen LogP contribution in [-0.4, -0.2) is 22.2 Å². The number of nitrogens with one attached hydrogen (secondary N) is 1. The molecule has 0 bridgehead atoms. The van der Waals surface area contributed by atoms with Gasteiger partial charge in [-0.2, -0.15) is 5.10 Å². The molecule has 0 spiro atoms. The van der Waals surface area contributed by atoms with Crippen molar-refractivity contribution in [2.24, 2.45) is 0 Å². The van der Waals surface area contributed by atoms with E-state index >= 15 is 0 Å². The van der Waals surface area contributed by atoms with Crippen LogP contribution in [0, 0.1) is 13.8 Å². The first-order valence-electron chi connectivity index (χ1n) is 8.01. The molecule has 0 unspecified atom stereocenters. The van der Waals surface area contributed by atoms with Crippen molar-refractivity contribution in [3.63, 3.8) is 0 Å². The van der Waals surface area contributed by atoms with Crippen molar-refractivity contribution in [2.45, 2.75) is 20.4 Å². The second-order valence-electron chi connectivity index (χ2n) is 5.89. The summed E-state index contributed by atoms with van der Waals surface area (Å²) >= 11 is 0. The van der Waals surface area contributed by atoms with Crippen molar-refractivity contribution in [2.75, 3.05) is 6.54 Å². The van der Waals surface area contributed by atoms with Crippen LogP contribution in [-0.2, 0) is 6.54 Å². The Kier molecular flexibility index (Phi) is 4.79. The molecule has 25 heavy (non-hydrogen) atoms. The van der Waals surface area contributed by atoms with Gasteiger partial charge >= 0.3 is 0 Å². The van der Waals surface area contributed by atoms with Gasteiger partial charge in [-0.3, -0.25) is 9.59 Å². The van der Waals surface area contributed by atoms with Crippen LogP contribution in [0.2, 0.25) is 0 Å². The fraction of sp³-hybridized carbons (Fsp3) is 0.211. The third-order valence-electron chi connectivity index (χ3n) is 3.73. The Bertz CT molecular complexity index is 923. The monoisotopic (exact) mass is 337 g/mol. The topological polar surface area (TPSA) is 77.1 Å². The third-order valence-corrected chi connectivity index (χ3v) is 3.73. The van der Waals surface area contributed by atoms with Crippen LogP contribution >= 0.6 is 0 Å². The summed E-state index contributed by atoms with van der Waals surface area (Å²) in [6, 6.07) is 12.3. The molecule has 128 valence electrons. The summed E-state index contributed by atoms with van der Waals surface area (Å²) in [6.45, 7) is 4.49. The summed E-state index contributed by atoms with van der Waals surface area (Å²) in [5.74, 6) is 0.426. The normalized spacial score (nSPS) is 10.6. The number of carbonyl (C=O) groups excluding carboxylic acids is 1. The molecule has 0 saturated carbocycles. The molecule has 3 rings (SSSR count). The van der Waals surface area contributed by atoms with E-state index < -0.39 is 0 Å². The average Bonchev–Trinajstić information content (AvgIpc) is 3.10. The average molecular weight is 337 g/mol. The Balaban J connectivity index is 1.66. The van der Waals surface area contributed by atoms with E-state index in [9.17, 15) is 9.59 Å². The molecule has 0 aliphatic carbocycles. The maximum absolute atomic E-state index is 12.2. The Labute approximate surface area is 145 Å². The number of rotatable bonds is 5. The third kappa shape index (κ3) is 4.03. The van der Waals surface area contributed by atoms with Crippen molar-refractivity contribution in [1.82, 2.24) is 15.1 Å². The number of hydrogen-bond donors (Lipinski definition) is 1. The van der Waals surface area contributed by atoms with Gasteiger partial charge in [0.05, 0.1) is 12.8 Å². The SMILES string of the molecule is Cc1cc(C)cc(C(=O)NCCn2nc(-c3ccco3)ccc2=O)c1. The quantitative estimate of drug-likeness (QED) is 0.776. The van der Waals surface area contributed by atoms with E-state index in [-0.39, 0.29) is 18.0 Å². The van der Waals surface area contributed by atoms with Crippen molar-refractivity contribution in [3.8, 4) is 11.5 Å². The van der Waals surface area contributed by atoms with E-state index in [1.54, 1.807) is 24.5 Å². The fourth-order valence-corrected chi connectivity index (χ4v) is 2.65. The molecule has 2 heterocycles. The highest BCUT2D eigenvalue weighted by molar-refractivity contribution is 5.94. The maximum atomic E-state index is 12.2. The van der Waals surface area contributed by atoms with Gasteiger partial charge in [-0.25, -0.2) is 4.68 Å². The minimum absolute atomic E-state index is 0.165. The van der Waals surface area contributed by atoms with E-state index in [1.165, 1.54) is 10.7 Å². The molecular formula is C19H19N3O3. The Morgan fingerprint density at radius 3 is 2.60 bits per heavy atom. The van der Waals surface area contributed by atoms with Gasteiger partial charge in [-0.05, 0) is 44.2 Å². The molecule has 3 aromatic rings. The van der Waals surface area contributed by atoms with Crippen LogP contribution in [0.3, 0.4) is 0 Å². The van der Waals surface area contributed by atoms with Crippen LogP contribution in [0.5, 0.6) is 0 Å². The molecule has 1 N–H and O–H groups in total. The van der Waals surface area contributed by atoms with Gasteiger partial charge in [-0.15, -0.1) is 0 Å². The Hall–Kier alpha value is -3.15. The van der Waals surface area contributed by atoms with Gasteiger partial charge in [0.25, 0.3) is 11.5 Å². The largest absolute Gasteiger partial charge is 0.463 e. The molecular weight excluding hydrogens is 318 g/mol. The lowest BCUT2D eigenvalue weighted by Gasteiger charge is -2.09. The zero-order valence-electron chi connectivity index (χ0n) is 14.2. The Morgan fingerprint density at radius 2 is 1.92 bits per heavy atom. The van der Waals surface area contributed by atoms with E-state index in [0.29, 0.717) is 23.6 Å². The molecule has 2 aromatic heterocycles. The highest BCUT2D eigenvalue weighted by Crippen LogP contribution is 2.15. The van der Waals surface area contributed by atoms with Crippen molar-refractivity contribution < 1.29 is 9.21 Å². The molecule has 0 atom stereocenters. The van der Waals surface area contributed by atoms with E-state index in [2.05, 4.69) is 10.4 Å². The second kappa shape index (κ2) is 7.17. The predicted octanol–water partition coefficient (Wildman–Crippen LogP) is 2.55. The summed E-state index contributed by atoms with van der Waals surface area (Å²) in [6.07, 6.45) is 1.55. The van der Waals surface area contributed by atoms with Crippen molar-refractivity contribution >= 4 is 5.91 Å².